The van der Waals surface area contributed by atoms with Gasteiger partial charge in [0.05, 0.1) is 15.9 Å². The van der Waals surface area contributed by atoms with Gasteiger partial charge in [0.25, 0.3) is 11.5 Å². The van der Waals surface area contributed by atoms with Gasteiger partial charge in [-0.3, -0.25) is 10.1 Å². The predicted octanol–water partition coefficient (Wildman–Crippen LogP) is 2.21. The van der Waals surface area contributed by atoms with Crippen LogP contribution in [0.5, 0.6) is 0 Å². The molecular formula is C9H5F4N5O2S. The number of hydrogen-bond donors (Lipinski definition) is 1. The average Bonchev–Trinajstić information content (AvgIpc) is 2.72. The van der Waals surface area contributed by atoms with Crippen molar-refractivity contribution >= 4 is 17.4 Å². The van der Waals surface area contributed by atoms with Crippen molar-refractivity contribution in [3.05, 3.63) is 40.0 Å². The first-order valence-electron chi connectivity index (χ1n) is 5.09. The molecule has 2 N–H and O–H groups in total. The van der Waals surface area contributed by atoms with E-state index in [-0.39, 0.29) is 9.57 Å². The summed E-state index contributed by atoms with van der Waals surface area (Å²) >= 11 is 0.471. The van der Waals surface area contributed by atoms with Gasteiger partial charge in [0.15, 0.2) is 0 Å². The molecule has 0 spiro atoms. The van der Waals surface area contributed by atoms with E-state index in [1.54, 1.807) is 0 Å². The summed E-state index contributed by atoms with van der Waals surface area (Å²) < 4.78 is 50.6. The molecule has 0 aliphatic heterocycles. The molecule has 0 radical (unpaired) electrons. The monoisotopic (exact) mass is 323 g/mol. The summed E-state index contributed by atoms with van der Waals surface area (Å²) in [7, 11) is 0. The quantitative estimate of drug-likeness (QED) is 0.402. The lowest BCUT2D eigenvalue weighted by atomic mass is 10.3. The maximum Gasteiger partial charge on any atom is 0.453 e. The number of nitrogen functional groups attached to an aromatic ring is 1. The molecule has 0 unspecified atom stereocenters. The number of rotatable bonds is 3. The van der Waals surface area contributed by atoms with Gasteiger partial charge in [0.1, 0.15) is 5.82 Å². The first-order valence-corrected chi connectivity index (χ1v) is 5.91. The Kier molecular flexibility index (Phi) is 3.72. The van der Waals surface area contributed by atoms with Crippen molar-refractivity contribution in [1.82, 2.24) is 14.9 Å². The fraction of sp³-hybridized carbons (Fsp3) is 0.111. The Morgan fingerprint density at radius 3 is 2.52 bits per heavy atom. The number of hydrogen-bond acceptors (Lipinski definition) is 6. The minimum Gasteiger partial charge on any atom is -0.335 e. The van der Waals surface area contributed by atoms with Crippen LogP contribution in [0.3, 0.4) is 0 Å². The van der Waals surface area contributed by atoms with Gasteiger partial charge in [-0.25, -0.2) is 9.07 Å². The van der Waals surface area contributed by atoms with Crippen molar-refractivity contribution < 1.29 is 22.5 Å². The van der Waals surface area contributed by atoms with Crippen molar-refractivity contribution in [3.8, 4) is 0 Å². The smallest absolute Gasteiger partial charge is 0.335 e. The first-order chi connectivity index (χ1) is 9.70. The van der Waals surface area contributed by atoms with Crippen LogP contribution in [-0.4, -0.2) is 19.8 Å². The fourth-order valence-electron chi connectivity index (χ4n) is 1.36. The fourth-order valence-corrected chi connectivity index (χ4v) is 2.20. The standard InChI is InChI=1S/C9H5F4N5O2S/c10-4-1-2-6(5(3-4)18(19)20)21-8-16-15-7(17(8)14)9(11,12)13/h1-3H,14H2. The normalized spacial score (nSPS) is 11.6. The molecule has 1 aromatic carbocycles. The molecule has 0 bridgehead atoms. The molecule has 0 aliphatic rings. The van der Waals surface area contributed by atoms with Gasteiger partial charge in [0, 0.05) is 0 Å². The molecule has 1 heterocycles. The molecule has 0 fully saturated rings. The number of nitrogens with two attached hydrogens (primary N) is 1. The average molecular weight is 323 g/mol. The highest BCUT2D eigenvalue weighted by atomic mass is 32.2. The number of nitrogens with zero attached hydrogens (tertiary/aromatic N) is 4. The van der Waals surface area contributed by atoms with E-state index >= 15 is 0 Å². The number of nitro benzene ring substituents is 1. The Bertz CT molecular complexity index is 702. The molecule has 21 heavy (non-hydrogen) atoms. The lowest BCUT2D eigenvalue weighted by Gasteiger charge is -2.06. The summed E-state index contributed by atoms with van der Waals surface area (Å²) in [5.41, 5.74) is -0.614. The molecular weight excluding hydrogens is 318 g/mol. The van der Waals surface area contributed by atoms with E-state index in [1.807, 2.05) is 0 Å². The second-order valence-corrected chi connectivity index (χ2v) is 4.65. The number of nitro groups is 1. The molecule has 0 saturated carbocycles. The van der Waals surface area contributed by atoms with Crippen molar-refractivity contribution in [3.63, 3.8) is 0 Å². The molecule has 0 atom stereocenters. The van der Waals surface area contributed by atoms with Gasteiger partial charge in [-0.1, -0.05) is 0 Å². The van der Waals surface area contributed by atoms with Crippen LogP contribution in [-0.2, 0) is 6.18 Å². The van der Waals surface area contributed by atoms with Gasteiger partial charge in [-0.05, 0) is 23.9 Å². The van der Waals surface area contributed by atoms with Crippen molar-refractivity contribution in [2.75, 3.05) is 5.84 Å². The Labute approximate surface area is 117 Å². The van der Waals surface area contributed by atoms with Gasteiger partial charge >= 0.3 is 6.18 Å². The minimum atomic E-state index is -4.81. The summed E-state index contributed by atoms with van der Waals surface area (Å²) in [5.74, 6) is 2.90. The van der Waals surface area contributed by atoms with E-state index < -0.39 is 33.6 Å². The maximum absolute atomic E-state index is 13.0. The van der Waals surface area contributed by atoms with Crippen LogP contribution in [0.15, 0.2) is 28.3 Å². The zero-order valence-corrected chi connectivity index (χ0v) is 10.7. The highest BCUT2D eigenvalue weighted by Gasteiger charge is 2.38. The number of benzene rings is 1. The minimum absolute atomic E-state index is 0.116. The highest BCUT2D eigenvalue weighted by Crippen LogP contribution is 2.35. The molecule has 0 aliphatic carbocycles. The third-order valence-electron chi connectivity index (χ3n) is 2.24. The topological polar surface area (TPSA) is 99.9 Å². The zero-order valence-electron chi connectivity index (χ0n) is 9.83. The van der Waals surface area contributed by atoms with E-state index in [1.165, 1.54) is 0 Å². The predicted molar refractivity (Wildman–Crippen MR) is 62.4 cm³/mol. The number of alkyl halides is 3. The molecule has 0 amide bonds. The summed E-state index contributed by atoms with van der Waals surface area (Å²) in [5, 5.41) is 16.5. The molecule has 1 aromatic heterocycles. The van der Waals surface area contributed by atoms with E-state index in [0.29, 0.717) is 17.8 Å². The lowest BCUT2D eigenvalue weighted by molar-refractivity contribution is -0.387. The van der Waals surface area contributed by atoms with E-state index in [9.17, 15) is 27.7 Å². The van der Waals surface area contributed by atoms with Crippen LogP contribution in [0.4, 0.5) is 23.2 Å². The Hall–Kier alpha value is -2.37. The largest absolute Gasteiger partial charge is 0.453 e. The second kappa shape index (κ2) is 5.20. The Balaban J connectivity index is 2.40. The van der Waals surface area contributed by atoms with E-state index in [4.69, 9.17) is 5.84 Å². The Morgan fingerprint density at radius 2 is 2.00 bits per heavy atom. The highest BCUT2D eigenvalue weighted by molar-refractivity contribution is 7.99. The maximum atomic E-state index is 13.0. The van der Waals surface area contributed by atoms with Crippen molar-refractivity contribution in [1.29, 1.82) is 0 Å². The summed E-state index contributed by atoms with van der Waals surface area (Å²) in [6, 6.07) is 2.61. The summed E-state index contributed by atoms with van der Waals surface area (Å²) in [6.45, 7) is 0. The van der Waals surface area contributed by atoms with Crippen LogP contribution in [0.25, 0.3) is 0 Å². The van der Waals surface area contributed by atoms with Gasteiger partial charge in [0.2, 0.25) is 5.16 Å². The SMILES string of the molecule is Nn1c(Sc2ccc(F)cc2[N+](=O)[O-])nnc1C(F)(F)F. The Morgan fingerprint density at radius 1 is 1.33 bits per heavy atom. The van der Waals surface area contributed by atoms with Crippen LogP contribution >= 0.6 is 11.8 Å². The molecule has 2 aromatic rings. The van der Waals surface area contributed by atoms with Crippen molar-refractivity contribution in [2.24, 2.45) is 0 Å². The molecule has 7 nitrogen and oxygen atoms in total. The van der Waals surface area contributed by atoms with Crippen LogP contribution < -0.4 is 5.84 Å². The van der Waals surface area contributed by atoms with E-state index in [2.05, 4.69) is 10.2 Å². The van der Waals surface area contributed by atoms with Gasteiger partial charge in [-0.15, -0.1) is 10.2 Å². The van der Waals surface area contributed by atoms with Gasteiger partial charge < -0.3 is 5.84 Å². The van der Waals surface area contributed by atoms with Crippen LogP contribution in [0, 0.1) is 15.9 Å². The summed E-state index contributed by atoms with van der Waals surface area (Å²) in [6.07, 6.45) is -4.81. The molecule has 112 valence electrons. The third-order valence-corrected chi connectivity index (χ3v) is 3.26. The van der Waals surface area contributed by atoms with Gasteiger partial charge in [-0.2, -0.15) is 13.2 Å². The molecule has 12 heteroatoms. The zero-order chi connectivity index (χ0) is 15.8. The summed E-state index contributed by atoms with van der Waals surface area (Å²) in [4.78, 5) is 9.80. The third kappa shape index (κ3) is 3.04. The van der Waals surface area contributed by atoms with Crippen LogP contribution in [0.1, 0.15) is 5.82 Å². The van der Waals surface area contributed by atoms with Crippen LogP contribution in [0.2, 0.25) is 0 Å². The molecule has 0 saturated heterocycles. The van der Waals surface area contributed by atoms with Crippen molar-refractivity contribution in [2.45, 2.75) is 16.2 Å². The lowest BCUT2D eigenvalue weighted by Crippen LogP contribution is -2.21. The second-order valence-electron chi connectivity index (χ2n) is 3.65. The number of aromatic nitrogens is 3. The van der Waals surface area contributed by atoms with E-state index in [0.717, 1.165) is 12.1 Å². The number of halogens is 4. The molecule has 2 rings (SSSR count). The first kappa shape index (κ1) is 15.0.